The maximum Gasteiger partial charge on any atom is 0.171 e. The Hall–Kier alpha value is -7.71. The van der Waals surface area contributed by atoms with Crippen LogP contribution in [0.4, 0.5) is 0 Å². The van der Waals surface area contributed by atoms with Crippen LogP contribution in [0.25, 0.3) is 99.2 Å². The van der Waals surface area contributed by atoms with Crippen molar-refractivity contribution in [3.8, 4) is 44.5 Å². The van der Waals surface area contributed by atoms with Gasteiger partial charge in [0.25, 0.3) is 0 Å². The molecule has 0 saturated carbocycles. The van der Waals surface area contributed by atoms with Gasteiger partial charge in [-0.05, 0) is 122 Å². The highest BCUT2D eigenvalue weighted by Crippen LogP contribution is 2.44. The summed E-state index contributed by atoms with van der Waals surface area (Å²) in [5.74, 6) is 0. The predicted octanol–water partition coefficient (Wildman–Crippen LogP) is 14.9. The summed E-state index contributed by atoms with van der Waals surface area (Å²) in [6.07, 6.45) is 0. The average Bonchev–Trinajstić information content (AvgIpc) is 3.91. The quantitative estimate of drug-likeness (QED) is 0.151. The summed E-state index contributed by atoms with van der Waals surface area (Å²) in [6.45, 7) is 0. The highest BCUT2D eigenvalue weighted by molar-refractivity contribution is 7.85. The molecule has 0 fully saturated rings. The Labute approximate surface area is 358 Å². The summed E-state index contributed by atoms with van der Waals surface area (Å²) >= 11 is 0. The lowest BCUT2D eigenvalue weighted by atomic mass is 9.96. The molecule has 0 N–H and O–H groups in total. The Balaban J connectivity index is 0.876. The van der Waals surface area contributed by atoms with E-state index < -0.39 is 7.14 Å². The minimum atomic E-state index is -3.10. The molecular formula is C58H37O3P. The van der Waals surface area contributed by atoms with Crippen molar-refractivity contribution in [2.24, 2.45) is 0 Å². The van der Waals surface area contributed by atoms with Gasteiger partial charge in [0.15, 0.2) is 7.14 Å². The Bertz CT molecular complexity index is 3670. The maximum atomic E-state index is 15.1. The zero-order chi connectivity index (χ0) is 41.2. The molecule has 0 spiro atoms. The third-order valence-corrected chi connectivity index (χ3v) is 15.4. The van der Waals surface area contributed by atoms with Crippen LogP contribution in [0.1, 0.15) is 0 Å². The van der Waals surface area contributed by atoms with E-state index in [0.717, 1.165) is 104 Å². The van der Waals surface area contributed by atoms with Crippen molar-refractivity contribution in [2.45, 2.75) is 0 Å². The Kier molecular flexibility index (Phi) is 8.45. The Morgan fingerprint density at radius 1 is 0.258 bits per heavy atom. The molecule has 12 rings (SSSR count). The number of benzene rings is 10. The van der Waals surface area contributed by atoms with Gasteiger partial charge in [0.05, 0.1) is 0 Å². The first-order chi connectivity index (χ1) is 30.5. The van der Waals surface area contributed by atoms with Gasteiger partial charge in [-0.1, -0.05) is 158 Å². The van der Waals surface area contributed by atoms with E-state index in [4.69, 9.17) is 8.83 Å². The van der Waals surface area contributed by atoms with Crippen LogP contribution in [-0.2, 0) is 4.57 Å². The van der Waals surface area contributed by atoms with Gasteiger partial charge in [-0.25, -0.2) is 0 Å². The number of hydrogen-bond acceptors (Lipinski definition) is 3. The predicted molar refractivity (Wildman–Crippen MR) is 260 cm³/mol. The molecule has 0 aliphatic heterocycles. The SMILES string of the molecule is O=P(c1ccccc1)(c1ccccc1)c1cccc(-c2ccc3cc(-c4ccc5oc6ccc(-c7ccc8oc9ccc(-c%10ccccc%10)cc9c8c7)cc6c5c4)ccc3c2)c1. The molecule has 3 nitrogen and oxygen atoms in total. The highest BCUT2D eigenvalue weighted by Gasteiger charge is 2.29. The van der Waals surface area contributed by atoms with Crippen molar-refractivity contribution in [2.75, 3.05) is 0 Å². The van der Waals surface area contributed by atoms with Crippen molar-refractivity contribution < 1.29 is 13.4 Å². The van der Waals surface area contributed by atoms with E-state index in [0.29, 0.717) is 0 Å². The number of rotatable bonds is 7. The van der Waals surface area contributed by atoms with Crippen LogP contribution in [0.15, 0.2) is 233 Å². The molecule has 2 aromatic heterocycles. The lowest BCUT2D eigenvalue weighted by molar-refractivity contribution is 0.592. The normalized spacial score (nSPS) is 11.9. The first-order valence-electron chi connectivity index (χ1n) is 20.9. The molecular weight excluding hydrogens is 776 g/mol. The molecule has 0 saturated heterocycles. The van der Waals surface area contributed by atoms with Gasteiger partial charge >= 0.3 is 0 Å². The van der Waals surface area contributed by atoms with Crippen molar-refractivity contribution in [1.29, 1.82) is 0 Å². The summed E-state index contributed by atoms with van der Waals surface area (Å²) in [5.41, 5.74) is 12.5. The van der Waals surface area contributed by atoms with E-state index in [-0.39, 0.29) is 0 Å². The van der Waals surface area contributed by atoms with Crippen molar-refractivity contribution in [3.63, 3.8) is 0 Å². The molecule has 0 atom stereocenters. The molecule has 62 heavy (non-hydrogen) atoms. The first kappa shape index (κ1) is 36.2. The molecule has 0 amide bonds. The largest absolute Gasteiger partial charge is 0.456 e. The molecule has 4 heteroatoms. The second kappa shape index (κ2) is 14.5. The summed E-state index contributed by atoms with van der Waals surface area (Å²) < 4.78 is 27.8. The molecule has 12 aromatic rings. The smallest absolute Gasteiger partial charge is 0.171 e. The van der Waals surface area contributed by atoms with Crippen LogP contribution < -0.4 is 15.9 Å². The summed E-state index contributed by atoms with van der Waals surface area (Å²) in [4.78, 5) is 0. The van der Waals surface area contributed by atoms with Crippen LogP contribution in [0.5, 0.6) is 0 Å². The van der Waals surface area contributed by atoms with E-state index >= 15 is 4.57 Å². The van der Waals surface area contributed by atoms with Gasteiger partial charge in [0.1, 0.15) is 22.3 Å². The van der Waals surface area contributed by atoms with E-state index in [1.54, 1.807) is 0 Å². The van der Waals surface area contributed by atoms with Gasteiger partial charge in [-0.3, -0.25) is 0 Å². The number of hydrogen-bond donors (Lipinski definition) is 0. The Morgan fingerprint density at radius 3 is 1.02 bits per heavy atom. The van der Waals surface area contributed by atoms with Gasteiger partial charge in [-0.15, -0.1) is 0 Å². The topological polar surface area (TPSA) is 43.4 Å². The fraction of sp³-hybridized carbons (Fsp3) is 0. The van der Waals surface area contributed by atoms with Crippen molar-refractivity contribution >= 4 is 77.7 Å². The minimum absolute atomic E-state index is 0.822. The van der Waals surface area contributed by atoms with E-state index in [1.807, 2.05) is 78.9 Å². The standard InChI is InChI=1S/C58H37O3P/c59-62(48-14-6-2-7-15-48,49-16-8-3-9-17-49)50-18-10-13-39(33-50)40-19-20-42-32-43(22-21-41(42)31-40)45-24-28-56-52(35-45)54-37-47(26-30-58(54)61-56)46-25-29-57-53(36-46)51-34-44(23-27-55(51)60-57)38-11-4-1-5-12-38/h1-37H. The monoisotopic (exact) mass is 812 g/mol. The second-order valence-corrected chi connectivity index (χ2v) is 18.8. The van der Waals surface area contributed by atoms with E-state index in [2.05, 4.69) is 146 Å². The van der Waals surface area contributed by atoms with Crippen LogP contribution in [-0.4, -0.2) is 0 Å². The molecule has 0 aliphatic rings. The fourth-order valence-electron chi connectivity index (χ4n) is 9.11. The van der Waals surface area contributed by atoms with Crippen LogP contribution in [0.3, 0.4) is 0 Å². The first-order valence-corrected chi connectivity index (χ1v) is 22.6. The second-order valence-electron chi connectivity index (χ2n) is 16.0. The lowest BCUT2D eigenvalue weighted by Gasteiger charge is -2.20. The lowest BCUT2D eigenvalue weighted by Crippen LogP contribution is -2.25. The zero-order valence-electron chi connectivity index (χ0n) is 33.5. The molecule has 292 valence electrons. The van der Waals surface area contributed by atoms with E-state index in [1.165, 1.54) is 11.1 Å². The Morgan fingerprint density at radius 2 is 0.581 bits per heavy atom. The molecule has 0 radical (unpaired) electrons. The van der Waals surface area contributed by atoms with E-state index in [9.17, 15) is 0 Å². The van der Waals surface area contributed by atoms with Crippen LogP contribution >= 0.6 is 7.14 Å². The molecule has 0 aliphatic carbocycles. The summed E-state index contributed by atoms with van der Waals surface area (Å²) in [7, 11) is -3.10. The van der Waals surface area contributed by atoms with Crippen molar-refractivity contribution in [1.82, 2.24) is 0 Å². The number of fused-ring (bicyclic) bond motifs is 7. The van der Waals surface area contributed by atoms with Gasteiger partial charge in [0.2, 0.25) is 0 Å². The van der Waals surface area contributed by atoms with Gasteiger partial charge in [-0.2, -0.15) is 0 Å². The molecule has 2 heterocycles. The van der Waals surface area contributed by atoms with Gasteiger partial charge in [0, 0.05) is 37.5 Å². The van der Waals surface area contributed by atoms with Crippen LogP contribution in [0.2, 0.25) is 0 Å². The fourth-order valence-corrected chi connectivity index (χ4v) is 11.8. The highest BCUT2D eigenvalue weighted by atomic mass is 31.2. The third-order valence-electron chi connectivity index (χ3n) is 12.3. The zero-order valence-corrected chi connectivity index (χ0v) is 34.4. The third kappa shape index (κ3) is 6.09. The van der Waals surface area contributed by atoms with Gasteiger partial charge < -0.3 is 13.4 Å². The van der Waals surface area contributed by atoms with Crippen LogP contribution in [0, 0.1) is 0 Å². The maximum absolute atomic E-state index is 15.1. The molecule has 0 bridgehead atoms. The average molecular weight is 813 g/mol. The summed E-state index contributed by atoms with van der Waals surface area (Å²) in [5, 5.41) is 9.15. The van der Waals surface area contributed by atoms with Crippen molar-refractivity contribution in [3.05, 3.63) is 224 Å². The number of furan rings is 2. The molecule has 0 unspecified atom stereocenters. The minimum Gasteiger partial charge on any atom is -0.456 e. The molecule has 10 aromatic carbocycles. The summed E-state index contributed by atoms with van der Waals surface area (Å²) in [6, 6.07) is 77.5.